The predicted molar refractivity (Wildman–Crippen MR) is 68.8 cm³/mol. The number of carbonyl (C=O) groups excluding carboxylic acids is 1. The zero-order chi connectivity index (χ0) is 12.3. The molecule has 17 heavy (non-hydrogen) atoms. The molecule has 0 bridgehead atoms. The van der Waals surface area contributed by atoms with Crippen LogP contribution in [0.5, 0.6) is 0 Å². The van der Waals surface area contributed by atoms with Crippen molar-refractivity contribution in [2.75, 3.05) is 0 Å². The van der Waals surface area contributed by atoms with Crippen molar-refractivity contribution in [2.24, 2.45) is 11.8 Å². The first-order valence-corrected chi connectivity index (χ1v) is 7.42. The van der Waals surface area contributed by atoms with Crippen molar-refractivity contribution in [1.29, 1.82) is 0 Å². The average Bonchev–Trinajstić information content (AvgIpc) is 2.39. The number of ketones is 1. The molecule has 2 aliphatic rings. The van der Waals surface area contributed by atoms with E-state index in [-0.39, 0.29) is 11.7 Å². The van der Waals surface area contributed by atoms with E-state index in [2.05, 4.69) is 6.92 Å². The molecule has 0 amide bonds. The molecule has 2 fully saturated rings. The molecule has 98 valence electrons. The molecule has 0 aromatic carbocycles. The fourth-order valence-corrected chi connectivity index (χ4v) is 3.66. The first-order valence-electron chi connectivity index (χ1n) is 7.42. The van der Waals surface area contributed by atoms with Gasteiger partial charge in [-0.3, -0.25) is 4.79 Å². The van der Waals surface area contributed by atoms with Crippen LogP contribution in [0.1, 0.15) is 71.1 Å². The van der Waals surface area contributed by atoms with Crippen molar-refractivity contribution in [3.63, 3.8) is 0 Å². The number of Topliss-reactive ketones (excluding diaryl/α,β-unsaturated/α-hetero) is 1. The molecule has 2 heteroatoms. The van der Waals surface area contributed by atoms with Crippen LogP contribution in [-0.4, -0.2) is 16.5 Å². The first kappa shape index (κ1) is 13.1. The van der Waals surface area contributed by atoms with Crippen LogP contribution in [0.4, 0.5) is 0 Å². The van der Waals surface area contributed by atoms with Crippen molar-refractivity contribution < 1.29 is 9.90 Å². The molecule has 0 aromatic heterocycles. The van der Waals surface area contributed by atoms with Gasteiger partial charge >= 0.3 is 0 Å². The van der Waals surface area contributed by atoms with Crippen molar-refractivity contribution >= 4 is 5.78 Å². The minimum absolute atomic E-state index is 0.150. The Balaban J connectivity index is 1.98. The molecule has 2 atom stereocenters. The van der Waals surface area contributed by atoms with Crippen molar-refractivity contribution in [3.8, 4) is 0 Å². The van der Waals surface area contributed by atoms with Crippen LogP contribution in [0.2, 0.25) is 0 Å². The number of carbonyl (C=O) groups is 1. The van der Waals surface area contributed by atoms with Crippen molar-refractivity contribution in [2.45, 2.75) is 76.7 Å². The van der Waals surface area contributed by atoms with Crippen LogP contribution in [-0.2, 0) is 4.79 Å². The number of rotatable bonds is 3. The van der Waals surface area contributed by atoms with Gasteiger partial charge in [0.05, 0.1) is 0 Å². The summed E-state index contributed by atoms with van der Waals surface area (Å²) in [6.07, 6.45) is 10.3. The van der Waals surface area contributed by atoms with Gasteiger partial charge in [0, 0.05) is 5.92 Å². The van der Waals surface area contributed by atoms with Crippen LogP contribution in [0.3, 0.4) is 0 Å². The Hall–Kier alpha value is -0.370. The van der Waals surface area contributed by atoms with Gasteiger partial charge in [-0.1, -0.05) is 45.4 Å². The van der Waals surface area contributed by atoms with Crippen LogP contribution >= 0.6 is 0 Å². The maximum absolute atomic E-state index is 12.5. The lowest BCUT2D eigenvalue weighted by Gasteiger charge is -2.36. The fraction of sp³-hybridized carbons (Fsp3) is 0.933. The smallest absolute Gasteiger partial charge is 0.167 e. The van der Waals surface area contributed by atoms with E-state index >= 15 is 0 Å². The molecule has 0 aliphatic heterocycles. The number of hydrogen-bond donors (Lipinski definition) is 1. The quantitative estimate of drug-likeness (QED) is 0.817. The highest BCUT2D eigenvalue weighted by Gasteiger charge is 2.41. The van der Waals surface area contributed by atoms with Gasteiger partial charge in [0.25, 0.3) is 0 Å². The summed E-state index contributed by atoms with van der Waals surface area (Å²) >= 11 is 0. The highest BCUT2D eigenvalue weighted by Crippen LogP contribution is 2.37. The van der Waals surface area contributed by atoms with Gasteiger partial charge in [-0.15, -0.1) is 0 Å². The lowest BCUT2D eigenvalue weighted by Crippen LogP contribution is -2.45. The molecule has 2 unspecified atom stereocenters. The molecule has 0 heterocycles. The zero-order valence-electron chi connectivity index (χ0n) is 11.1. The molecule has 2 rings (SSSR count). The van der Waals surface area contributed by atoms with Gasteiger partial charge < -0.3 is 5.11 Å². The summed E-state index contributed by atoms with van der Waals surface area (Å²) in [5.74, 6) is 1.04. The van der Waals surface area contributed by atoms with Gasteiger partial charge in [0.2, 0.25) is 0 Å². The molecular weight excluding hydrogens is 212 g/mol. The Bertz CT molecular complexity index is 266. The molecule has 2 aliphatic carbocycles. The van der Waals surface area contributed by atoms with Crippen molar-refractivity contribution in [3.05, 3.63) is 0 Å². The van der Waals surface area contributed by atoms with Crippen molar-refractivity contribution in [1.82, 2.24) is 0 Å². The second-order valence-corrected chi connectivity index (χ2v) is 6.09. The van der Waals surface area contributed by atoms with Gasteiger partial charge in [0.1, 0.15) is 5.60 Å². The lowest BCUT2D eigenvalue weighted by atomic mass is 9.71. The third kappa shape index (κ3) is 2.90. The van der Waals surface area contributed by atoms with E-state index in [9.17, 15) is 9.90 Å². The monoisotopic (exact) mass is 238 g/mol. The predicted octanol–water partition coefficient (Wildman–Crippen LogP) is 3.47. The molecule has 2 nitrogen and oxygen atoms in total. The molecule has 0 radical (unpaired) electrons. The minimum atomic E-state index is -0.960. The second-order valence-electron chi connectivity index (χ2n) is 6.09. The van der Waals surface area contributed by atoms with Crippen LogP contribution in [0, 0.1) is 11.8 Å². The molecule has 0 aromatic rings. The van der Waals surface area contributed by atoms with Gasteiger partial charge in [-0.25, -0.2) is 0 Å². The standard InChI is InChI=1S/C15H26O2/c1-2-12-7-6-8-13(11-12)14(16)15(17)9-4-3-5-10-15/h12-13,17H,2-11H2,1H3. The van der Waals surface area contributed by atoms with E-state index in [0.29, 0.717) is 18.8 Å². The Kier molecular flexibility index (Phi) is 4.24. The highest BCUT2D eigenvalue weighted by atomic mass is 16.3. The molecular formula is C15H26O2. The van der Waals surface area contributed by atoms with E-state index in [0.717, 1.165) is 25.7 Å². The van der Waals surface area contributed by atoms with E-state index in [1.165, 1.54) is 25.7 Å². The summed E-state index contributed by atoms with van der Waals surface area (Å²) in [6, 6.07) is 0. The summed E-state index contributed by atoms with van der Waals surface area (Å²) < 4.78 is 0. The third-order valence-electron chi connectivity index (χ3n) is 4.87. The zero-order valence-corrected chi connectivity index (χ0v) is 11.1. The molecule has 0 saturated heterocycles. The van der Waals surface area contributed by atoms with Gasteiger partial charge in [-0.2, -0.15) is 0 Å². The molecule has 2 saturated carbocycles. The largest absolute Gasteiger partial charge is 0.382 e. The Morgan fingerprint density at radius 3 is 2.53 bits per heavy atom. The Morgan fingerprint density at radius 1 is 1.18 bits per heavy atom. The first-order chi connectivity index (χ1) is 8.15. The number of hydrogen-bond acceptors (Lipinski definition) is 2. The topological polar surface area (TPSA) is 37.3 Å². The SMILES string of the molecule is CCC1CCCC(C(=O)C2(O)CCCCC2)C1. The van der Waals surface area contributed by atoms with E-state index in [4.69, 9.17) is 0 Å². The summed E-state index contributed by atoms with van der Waals surface area (Å²) in [5.41, 5.74) is -0.960. The van der Waals surface area contributed by atoms with Gasteiger partial charge in [0.15, 0.2) is 5.78 Å². The Morgan fingerprint density at radius 2 is 1.88 bits per heavy atom. The van der Waals surface area contributed by atoms with E-state index < -0.39 is 5.60 Å². The lowest BCUT2D eigenvalue weighted by molar-refractivity contribution is -0.146. The summed E-state index contributed by atoms with van der Waals surface area (Å²) in [6.45, 7) is 2.22. The van der Waals surface area contributed by atoms with Crippen LogP contribution < -0.4 is 0 Å². The molecule has 0 spiro atoms. The summed E-state index contributed by atoms with van der Waals surface area (Å²) in [4.78, 5) is 12.5. The summed E-state index contributed by atoms with van der Waals surface area (Å²) in [5, 5.41) is 10.5. The fourth-order valence-electron chi connectivity index (χ4n) is 3.66. The normalized spacial score (nSPS) is 33.3. The van der Waals surface area contributed by atoms with Gasteiger partial charge in [-0.05, 0) is 31.6 Å². The molecule has 1 N–H and O–H groups in total. The Labute approximate surface area is 105 Å². The minimum Gasteiger partial charge on any atom is -0.382 e. The van der Waals surface area contributed by atoms with Crippen LogP contribution in [0.15, 0.2) is 0 Å². The highest BCUT2D eigenvalue weighted by molar-refractivity contribution is 5.89. The third-order valence-corrected chi connectivity index (χ3v) is 4.87. The number of aliphatic hydroxyl groups is 1. The second kappa shape index (κ2) is 5.51. The van der Waals surface area contributed by atoms with Crippen LogP contribution in [0.25, 0.3) is 0 Å². The van der Waals surface area contributed by atoms with E-state index in [1.54, 1.807) is 0 Å². The maximum Gasteiger partial charge on any atom is 0.167 e. The average molecular weight is 238 g/mol. The van der Waals surface area contributed by atoms with E-state index in [1.807, 2.05) is 0 Å². The summed E-state index contributed by atoms with van der Waals surface area (Å²) in [7, 11) is 0. The maximum atomic E-state index is 12.5.